The highest BCUT2D eigenvalue weighted by atomic mass is 35.5. The second-order valence-electron chi connectivity index (χ2n) is 2.43. The molecule has 0 unspecified atom stereocenters. The third kappa shape index (κ3) is 1.89. The summed E-state index contributed by atoms with van der Waals surface area (Å²) in [6.45, 7) is 0. The Bertz CT molecular complexity index is 354. The van der Waals surface area contributed by atoms with Crippen LogP contribution in [0.25, 0.3) is 0 Å². The number of amides is 1. The summed E-state index contributed by atoms with van der Waals surface area (Å²) in [6.07, 6.45) is 0. The Morgan fingerprint density at radius 1 is 1.62 bits per heavy atom. The Hall–Kier alpha value is -1.29. The lowest BCUT2D eigenvalue weighted by atomic mass is 10.1. The minimum absolute atomic E-state index is 0.0404. The zero-order chi connectivity index (χ0) is 10.0. The van der Waals surface area contributed by atoms with Crippen LogP contribution in [-0.4, -0.2) is 13.0 Å². The third-order valence-corrected chi connectivity index (χ3v) is 1.88. The summed E-state index contributed by atoms with van der Waals surface area (Å²) in [5.74, 6) is -1.04. The van der Waals surface area contributed by atoms with E-state index in [1.807, 2.05) is 0 Å². The molecule has 1 rings (SSSR count). The molecule has 3 nitrogen and oxygen atoms in total. The predicted molar refractivity (Wildman–Crippen MR) is 49.2 cm³/mol. The third-order valence-electron chi connectivity index (χ3n) is 1.57. The Morgan fingerprint density at radius 2 is 2.23 bits per heavy atom. The van der Waals surface area contributed by atoms with E-state index in [0.29, 0.717) is 0 Å². The number of halogens is 2. The van der Waals surface area contributed by atoms with E-state index in [2.05, 4.69) is 5.32 Å². The summed E-state index contributed by atoms with van der Waals surface area (Å²) >= 11 is 5.58. The van der Waals surface area contributed by atoms with Crippen LogP contribution >= 0.6 is 11.6 Å². The van der Waals surface area contributed by atoms with Crippen molar-refractivity contribution in [2.45, 2.75) is 0 Å². The molecule has 5 heteroatoms. The predicted octanol–water partition coefficient (Wildman–Crippen LogP) is 1.42. The summed E-state index contributed by atoms with van der Waals surface area (Å²) < 4.78 is 12.8. The normalized spacial score (nSPS) is 9.77. The van der Waals surface area contributed by atoms with Crippen LogP contribution in [0.1, 0.15) is 10.4 Å². The van der Waals surface area contributed by atoms with Gasteiger partial charge in [-0.25, -0.2) is 4.39 Å². The molecule has 0 spiro atoms. The molecule has 0 atom stereocenters. The molecule has 0 radical (unpaired) electrons. The standard InChI is InChI=1S/C8H8ClFN2O/c1-12-8(13)5-2-4(10)3-6(9)7(5)11/h2-3H,11H2,1H3,(H,12,13). The van der Waals surface area contributed by atoms with Crippen molar-refractivity contribution in [2.24, 2.45) is 0 Å². The van der Waals surface area contributed by atoms with Crippen molar-refractivity contribution >= 4 is 23.2 Å². The summed E-state index contributed by atoms with van der Waals surface area (Å²) in [6, 6.07) is 2.10. The summed E-state index contributed by atoms with van der Waals surface area (Å²) in [5, 5.41) is 2.37. The first-order chi connectivity index (χ1) is 6.06. The number of nitrogens with one attached hydrogen (secondary N) is 1. The number of hydrogen-bond donors (Lipinski definition) is 2. The van der Waals surface area contributed by atoms with Crippen molar-refractivity contribution in [1.82, 2.24) is 5.32 Å². The highest BCUT2D eigenvalue weighted by molar-refractivity contribution is 6.33. The van der Waals surface area contributed by atoms with E-state index < -0.39 is 11.7 Å². The first-order valence-electron chi connectivity index (χ1n) is 3.53. The van der Waals surface area contributed by atoms with Gasteiger partial charge in [0.15, 0.2) is 0 Å². The molecule has 0 aliphatic carbocycles. The molecule has 0 aliphatic rings. The molecule has 3 N–H and O–H groups in total. The largest absolute Gasteiger partial charge is 0.397 e. The fourth-order valence-electron chi connectivity index (χ4n) is 0.907. The van der Waals surface area contributed by atoms with Crippen molar-refractivity contribution < 1.29 is 9.18 Å². The van der Waals surface area contributed by atoms with E-state index >= 15 is 0 Å². The first-order valence-corrected chi connectivity index (χ1v) is 3.90. The molecule has 0 aromatic heterocycles. The van der Waals surface area contributed by atoms with Gasteiger partial charge in [-0.2, -0.15) is 0 Å². The van der Waals surface area contributed by atoms with Gasteiger partial charge in [0.1, 0.15) is 5.82 Å². The highest BCUT2D eigenvalue weighted by Crippen LogP contribution is 2.24. The molecule has 1 amide bonds. The number of nitrogen functional groups attached to an aromatic ring is 1. The molecule has 1 aromatic rings. The summed E-state index contributed by atoms with van der Waals surface area (Å²) in [5.41, 5.74) is 5.60. The zero-order valence-corrected chi connectivity index (χ0v) is 7.65. The molecule has 0 saturated heterocycles. The summed E-state index contributed by atoms with van der Waals surface area (Å²) in [4.78, 5) is 11.1. The SMILES string of the molecule is CNC(=O)c1cc(F)cc(Cl)c1N. The molecule has 70 valence electrons. The molecular formula is C8H8ClFN2O. The Morgan fingerprint density at radius 3 is 2.77 bits per heavy atom. The number of carbonyl (C=O) groups is 1. The van der Waals surface area contributed by atoms with Crippen LogP contribution in [0.5, 0.6) is 0 Å². The van der Waals surface area contributed by atoms with E-state index in [4.69, 9.17) is 17.3 Å². The monoisotopic (exact) mass is 202 g/mol. The van der Waals surface area contributed by atoms with Crippen molar-refractivity contribution in [3.63, 3.8) is 0 Å². The number of benzene rings is 1. The quantitative estimate of drug-likeness (QED) is 0.677. The van der Waals surface area contributed by atoms with Crippen LogP contribution in [0, 0.1) is 5.82 Å². The lowest BCUT2D eigenvalue weighted by Gasteiger charge is -2.05. The number of anilines is 1. The molecular weight excluding hydrogens is 195 g/mol. The van der Waals surface area contributed by atoms with Crippen LogP contribution in [-0.2, 0) is 0 Å². The van der Waals surface area contributed by atoms with Crippen LogP contribution in [0.15, 0.2) is 12.1 Å². The lowest BCUT2D eigenvalue weighted by Crippen LogP contribution is -2.19. The second kappa shape index (κ2) is 3.62. The maximum atomic E-state index is 12.8. The van der Waals surface area contributed by atoms with E-state index in [1.54, 1.807) is 0 Å². The summed E-state index contributed by atoms with van der Waals surface area (Å²) in [7, 11) is 1.43. The number of nitrogens with two attached hydrogens (primary N) is 1. The van der Waals surface area contributed by atoms with E-state index in [-0.39, 0.29) is 16.3 Å². The Kier molecular flexibility index (Phi) is 2.72. The van der Waals surface area contributed by atoms with Crippen molar-refractivity contribution in [3.8, 4) is 0 Å². The van der Waals surface area contributed by atoms with Gasteiger partial charge in [-0.15, -0.1) is 0 Å². The number of carbonyl (C=O) groups excluding carboxylic acids is 1. The zero-order valence-electron chi connectivity index (χ0n) is 6.90. The Labute approximate surface area is 79.7 Å². The average molecular weight is 203 g/mol. The number of rotatable bonds is 1. The van der Waals surface area contributed by atoms with Crippen LogP contribution in [0.4, 0.5) is 10.1 Å². The van der Waals surface area contributed by atoms with Crippen LogP contribution in [0.3, 0.4) is 0 Å². The van der Waals surface area contributed by atoms with Crippen molar-refractivity contribution in [3.05, 3.63) is 28.5 Å². The minimum atomic E-state index is -0.585. The van der Waals surface area contributed by atoms with Gasteiger partial charge in [-0.05, 0) is 12.1 Å². The fourth-order valence-corrected chi connectivity index (χ4v) is 1.11. The van der Waals surface area contributed by atoms with Crippen molar-refractivity contribution in [2.75, 3.05) is 12.8 Å². The topological polar surface area (TPSA) is 55.1 Å². The lowest BCUT2D eigenvalue weighted by molar-refractivity contribution is 0.0963. The molecule has 0 saturated carbocycles. The second-order valence-corrected chi connectivity index (χ2v) is 2.84. The highest BCUT2D eigenvalue weighted by Gasteiger charge is 2.12. The molecule has 13 heavy (non-hydrogen) atoms. The maximum absolute atomic E-state index is 12.8. The smallest absolute Gasteiger partial charge is 0.253 e. The van der Waals surface area contributed by atoms with Gasteiger partial charge in [0, 0.05) is 7.05 Å². The average Bonchev–Trinajstić information content (AvgIpc) is 2.10. The molecule has 0 bridgehead atoms. The van der Waals surface area contributed by atoms with Gasteiger partial charge < -0.3 is 11.1 Å². The van der Waals surface area contributed by atoms with E-state index in [0.717, 1.165) is 12.1 Å². The first kappa shape index (κ1) is 9.80. The van der Waals surface area contributed by atoms with Gasteiger partial charge in [-0.3, -0.25) is 4.79 Å². The van der Waals surface area contributed by atoms with Crippen LogP contribution in [0.2, 0.25) is 5.02 Å². The van der Waals surface area contributed by atoms with Gasteiger partial charge in [-0.1, -0.05) is 11.6 Å². The van der Waals surface area contributed by atoms with Crippen molar-refractivity contribution in [1.29, 1.82) is 0 Å². The maximum Gasteiger partial charge on any atom is 0.253 e. The van der Waals surface area contributed by atoms with Gasteiger partial charge in [0.05, 0.1) is 16.3 Å². The van der Waals surface area contributed by atoms with Gasteiger partial charge >= 0.3 is 0 Å². The molecule has 0 fully saturated rings. The van der Waals surface area contributed by atoms with Crippen LogP contribution < -0.4 is 11.1 Å². The van der Waals surface area contributed by atoms with Gasteiger partial charge in [0.25, 0.3) is 5.91 Å². The molecule has 1 aromatic carbocycles. The molecule has 0 aliphatic heterocycles. The minimum Gasteiger partial charge on any atom is -0.397 e. The van der Waals surface area contributed by atoms with E-state index in [1.165, 1.54) is 7.05 Å². The fraction of sp³-hybridized carbons (Fsp3) is 0.125. The Balaban J connectivity index is 3.28. The molecule has 0 heterocycles. The number of hydrogen-bond acceptors (Lipinski definition) is 2. The van der Waals surface area contributed by atoms with Gasteiger partial charge in [0.2, 0.25) is 0 Å². The van der Waals surface area contributed by atoms with E-state index in [9.17, 15) is 9.18 Å².